The van der Waals surface area contributed by atoms with Gasteiger partial charge in [0.25, 0.3) is 10.1 Å². The smallest absolute Gasteiger partial charge is 0.296 e. The molecule has 4 nitrogen and oxygen atoms in total. The van der Waals surface area contributed by atoms with E-state index >= 15 is 0 Å². The van der Waals surface area contributed by atoms with Crippen molar-refractivity contribution >= 4 is 10.1 Å². The van der Waals surface area contributed by atoms with Gasteiger partial charge in [-0.05, 0) is 26.0 Å². The Labute approximate surface area is 84.0 Å². The maximum Gasteiger partial charge on any atom is 0.296 e. The molecule has 14 heavy (non-hydrogen) atoms. The molecule has 1 aromatic rings. The van der Waals surface area contributed by atoms with E-state index < -0.39 is 10.1 Å². The molecule has 0 unspecified atom stereocenters. The van der Waals surface area contributed by atoms with Gasteiger partial charge in [0.05, 0.1) is 11.5 Å². The Hall–Kier alpha value is -0.910. The van der Waals surface area contributed by atoms with Crippen molar-refractivity contribution in [2.75, 3.05) is 6.61 Å². The number of rotatable bonds is 3. The molecule has 0 aliphatic carbocycles. The Balaban J connectivity index is 0.00000169. The van der Waals surface area contributed by atoms with Crippen LogP contribution in [0.2, 0.25) is 0 Å². The summed E-state index contributed by atoms with van der Waals surface area (Å²) in [6.07, 6.45) is 0. The molecule has 0 spiro atoms. The number of benzene rings is 1. The molecule has 0 amide bonds. The highest BCUT2D eigenvalue weighted by molar-refractivity contribution is 7.86. The first kappa shape index (κ1) is 13.1. The van der Waals surface area contributed by atoms with Gasteiger partial charge in [0.1, 0.15) is 0 Å². The van der Waals surface area contributed by atoms with E-state index in [4.69, 9.17) is 0 Å². The maximum absolute atomic E-state index is 11.3. The van der Waals surface area contributed by atoms with Crippen LogP contribution >= 0.6 is 0 Å². The summed E-state index contributed by atoms with van der Waals surface area (Å²) in [5, 5.41) is 0. The van der Waals surface area contributed by atoms with Gasteiger partial charge in [-0.25, -0.2) is 0 Å². The Kier molecular flexibility index (Phi) is 4.76. The molecule has 0 aliphatic heterocycles. The minimum atomic E-state index is -3.53. The topological polar surface area (TPSA) is 74.9 Å². The Morgan fingerprint density at radius 3 is 2.14 bits per heavy atom. The minimum Gasteiger partial charge on any atom is -0.412 e. The lowest BCUT2D eigenvalue weighted by Gasteiger charge is -2.02. The molecule has 0 atom stereocenters. The van der Waals surface area contributed by atoms with Crippen molar-refractivity contribution in [2.45, 2.75) is 18.7 Å². The largest absolute Gasteiger partial charge is 0.412 e. The van der Waals surface area contributed by atoms with Crippen molar-refractivity contribution in [1.82, 2.24) is 0 Å². The van der Waals surface area contributed by atoms with Gasteiger partial charge in [0, 0.05) is 0 Å². The summed E-state index contributed by atoms with van der Waals surface area (Å²) in [6.45, 7) is 3.71. The number of hydrogen-bond acceptors (Lipinski definition) is 3. The zero-order chi connectivity index (χ0) is 9.90. The highest BCUT2D eigenvalue weighted by Gasteiger charge is 2.12. The average Bonchev–Trinajstić information content (AvgIpc) is 2.05. The van der Waals surface area contributed by atoms with Crippen LogP contribution in [0.25, 0.3) is 0 Å². The predicted octanol–water partition coefficient (Wildman–Crippen LogP) is 0.896. The predicted molar refractivity (Wildman–Crippen MR) is 53.6 cm³/mol. The molecule has 0 saturated carbocycles. The van der Waals surface area contributed by atoms with Crippen LogP contribution in [0.15, 0.2) is 29.2 Å². The van der Waals surface area contributed by atoms with Crippen LogP contribution in [-0.2, 0) is 14.3 Å². The summed E-state index contributed by atoms with van der Waals surface area (Å²) < 4.78 is 27.3. The van der Waals surface area contributed by atoms with E-state index in [0.717, 1.165) is 5.56 Å². The molecule has 0 bridgehead atoms. The third kappa shape index (κ3) is 3.10. The summed E-state index contributed by atoms with van der Waals surface area (Å²) >= 11 is 0. The molecule has 0 aliphatic rings. The fourth-order valence-electron chi connectivity index (χ4n) is 0.928. The van der Waals surface area contributed by atoms with E-state index in [1.54, 1.807) is 31.2 Å². The molecule has 0 fully saturated rings. The SMILES string of the molecule is CCOS(=O)(=O)c1ccc(C)cc1.O. The number of hydrogen-bond donors (Lipinski definition) is 0. The minimum absolute atomic E-state index is 0. The second-order valence-corrected chi connectivity index (χ2v) is 4.29. The fourth-order valence-corrected chi connectivity index (χ4v) is 1.84. The molecule has 1 rings (SSSR count). The second kappa shape index (κ2) is 5.09. The first-order valence-electron chi connectivity index (χ1n) is 4.02. The lowest BCUT2D eigenvalue weighted by Crippen LogP contribution is -2.05. The van der Waals surface area contributed by atoms with Crippen molar-refractivity contribution in [2.24, 2.45) is 0 Å². The van der Waals surface area contributed by atoms with Crippen molar-refractivity contribution in [1.29, 1.82) is 0 Å². The Morgan fingerprint density at radius 1 is 1.21 bits per heavy atom. The highest BCUT2D eigenvalue weighted by atomic mass is 32.2. The van der Waals surface area contributed by atoms with Crippen molar-refractivity contribution in [3.63, 3.8) is 0 Å². The van der Waals surface area contributed by atoms with E-state index in [0.29, 0.717) is 0 Å². The van der Waals surface area contributed by atoms with Gasteiger partial charge in [-0.15, -0.1) is 0 Å². The quantitative estimate of drug-likeness (QED) is 0.707. The molecule has 0 heterocycles. The van der Waals surface area contributed by atoms with Crippen LogP contribution < -0.4 is 0 Å². The van der Waals surface area contributed by atoms with E-state index in [9.17, 15) is 8.42 Å². The lowest BCUT2D eigenvalue weighted by atomic mass is 10.2. The zero-order valence-corrected chi connectivity index (χ0v) is 8.97. The third-order valence-electron chi connectivity index (χ3n) is 1.58. The van der Waals surface area contributed by atoms with Crippen LogP contribution in [0.1, 0.15) is 12.5 Å². The third-order valence-corrected chi connectivity index (χ3v) is 2.98. The summed E-state index contributed by atoms with van der Waals surface area (Å²) in [5.74, 6) is 0. The summed E-state index contributed by atoms with van der Waals surface area (Å²) in [7, 11) is -3.53. The van der Waals surface area contributed by atoms with E-state index in [2.05, 4.69) is 4.18 Å². The van der Waals surface area contributed by atoms with Crippen LogP contribution in [0.4, 0.5) is 0 Å². The van der Waals surface area contributed by atoms with Crippen LogP contribution in [0.5, 0.6) is 0 Å². The molecule has 0 radical (unpaired) electrons. The summed E-state index contributed by atoms with van der Waals surface area (Å²) in [6, 6.07) is 6.57. The molecule has 80 valence electrons. The molecule has 0 saturated heterocycles. The van der Waals surface area contributed by atoms with Crippen LogP contribution in [0.3, 0.4) is 0 Å². The Bertz CT molecular complexity index is 366. The van der Waals surface area contributed by atoms with Gasteiger partial charge in [-0.1, -0.05) is 17.7 Å². The second-order valence-electron chi connectivity index (χ2n) is 2.67. The monoisotopic (exact) mass is 218 g/mol. The zero-order valence-electron chi connectivity index (χ0n) is 8.15. The fraction of sp³-hybridized carbons (Fsp3) is 0.333. The maximum atomic E-state index is 11.3. The summed E-state index contributed by atoms with van der Waals surface area (Å²) in [5.41, 5.74) is 1.02. The molecular weight excluding hydrogens is 204 g/mol. The van der Waals surface area contributed by atoms with E-state index in [1.807, 2.05) is 6.92 Å². The van der Waals surface area contributed by atoms with Crippen molar-refractivity contribution in [3.8, 4) is 0 Å². The molecule has 2 N–H and O–H groups in total. The molecular formula is C9H14O4S. The van der Waals surface area contributed by atoms with E-state index in [-0.39, 0.29) is 17.0 Å². The van der Waals surface area contributed by atoms with Crippen LogP contribution in [-0.4, -0.2) is 20.5 Å². The first-order chi connectivity index (χ1) is 6.06. The standard InChI is InChI=1S/C9H12O3S.H2O/c1-3-12-13(10,11)9-6-4-8(2)5-7-9;/h4-7H,3H2,1-2H3;1H2. The average molecular weight is 218 g/mol. The molecule has 1 aromatic carbocycles. The first-order valence-corrected chi connectivity index (χ1v) is 5.43. The summed E-state index contributed by atoms with van der Waals surface area (Å²) in [4.78, 5) is 0.208. The number of aryl methyl sites for hydroxylation is 1. The lowest BCUT2D eigenvalue weighted by molar-refractivity contribution is 0.338. The molecule has 0 aromatic heterocycles. The van der Waals surface area contributed by atoms with Crippen molar-refractivity contribution in [3.05, 3.63) is 29.8 Å². The Morgan fingerprint density at radius 2 is 1.71 bits per heavy atom. The van der Waals surface area contributed by atoms with Gasteiger partial charge in [0.2, 0.25) is 0 Å². The van der Waals surface area contributed by atoms with Gasteiger partial charge in [-0.2, -0.15) is 8.42 Å². The van der Waals surface area contributed by atoms with E-state index in [1.165, 1.54) is 0 Å². The van der Waals surface area contributed by atoms with Crippen LogP contribution in [0, 0.1) is 6.92 Å². The van der Waals surface area contributed by atoms with Gasteiger partial charge in [-0.3, -0.25) is 4.18 Å². The van der Waals surface area contributed by atoms with Gasteiger partial charge in [0.15, 0.2) is 0 Å². The molecule has 5 heteroatoms. The normalized spacial score (nSPS) is 10.7. The van der Waals surface area contributed by atoms with Gasteiger partial charge < -0.3 is 5.48 Å². The van der Waals surface area contributed by atoms with Crippen molar-refractivity contribution < 1.29 is 18.1 Å². The van der Waals surface area contributed by atoms with Gasteiger partial charge >= 0.3 is 0 Å². The highest BCUT2D eigenvalue weighted by Crippen LogP contribution is 2.12.